The predicted octanol–water partition coefficient (Wildman–Crippen LogP) is 8.16. The first-order chi connectivity index (χ1) is 13.3. The van der Waals surface area contributed by atoms with Crippen LogP contribution >= 0.6 is 0 Å². The summed E-state index contributed by atoms with van der Waals surface area (Å²) in [6, 6.07) is 0. The molecule has 0 spiro atoms. The maximum Gasteiger partial charge on any atom is 0.509 e. The molecule has 29 heavy (non-hydrogen) atoms. The average molecular weight is 409 g/mol. The van der Waals surface area contributed by atoms with Crippen LogP contribution in [-0.2, 0) is 9.47 Å². The van der Waals surface area contributed by atoms with E-state index in [-0.39, 0.29) is 11.5 Å². The Balaban J connectivity index is 1.76. The van der Waals surface area contributed by atoms with E-state index in [2.05, 4.69) is 41.5 Å². The van der Waals surface area contributed by atoms with Crippen molar-refractivity contribution in [3.8, 4) is 0 Å². The van der Waals surface area contributed by atoms with Crippen molar-refractivity contribution in [2.45, 2.75) is 131 Å². The highest BCUT2D eigenvalue weighted by atomic mass is 16.7. The first kappa shape index (κ1) is 24.5. The Morgan fingerprint density at radius 1 is 0.759 bits per heavy atom. The van der Waals surface area contributed by atoms with Gasteiger partial charge in [0.1, 0.15) is 11.7 Å². The Bertz CT molecular complexity index is 513. The SMILES string of the molecule is CC1CCC(C(C)(C)C2CCC(OC(=O)OC(C)(C)CCC(C)(C)C)CC2)CC1. The largest absolute Gasteiger partial charge is 0.509 e. The van der Waals surface area contributed by atoms with Crippen molar-refractivity contribution < 1.29 is 14.3 Å². The molecule has 170 valence electrons. The minimum atomic E-state index is -0.479. The van der Waals surface area contributed by atoms with Crippen molar-refractivity contribution in [3.05, 3.63) is 0 Å². The Labute approximate surface area is 180 Å². The zero-order valence-electron chi connectivity index (χ0n) is 20.6. The molecule has 0 saturated heterocycles. The van der Waals surface area contributed by atoms with E-state index in [0.717, 1.165) is 43.4 Å². The molecule has 0 amide bonds. The van der Waals surface area contributed by atoms with E-state index in [1.807, 2.05) is 13.8 Å². The summed E-state index contributed by atoms with van der Waals surface area (Å²) < 4.78 is 11.4. The van der Waals surface area contributed by atoms with Crippen LogP contribution in [0, 0.1) is 28.6 Å². The third-order valence-electron chi connectivity index (χ3n) is 7.89. The lowest BCUT2D eigenvalue weighted by atomic mass is 9.60. The van der Waals surface area contributed by atoms with Gasteiger partial charge in [-0.25, -0.2) is 4.79 Å². The minimum absolute atomic E-state index is 0.0272. The number of hydrogen-bond acceptors (Lipinski definition) is 3. The fraction of sp³-hybridized carbons (Fsp3) is 0.962. The summed E-state index contributed by atoms with van der Waals surface area (Å²) in [4.78, 5) is 12.4. The quantitative estimate of drug-likeness (QED) is 0.416. The summed E-state index contributed by atoms with van der Waals surface area (Å²) in [5.74, 6) is 2.51. The zero-order chi connectivity index (χ0) is 21.9. The molecule has 3 heteroatoms. The molecule has 3 nitrogen and oxygen atoms in total. The van der Waals surface area contributed by atoms with Crippen LogP contribution < -0.4 is 0 Å². The molecule has 0 aromatic rings. The van der Waals surface area contributed by atoms with Gasteiger partial charge in [-0.2, -0.15) is 0 Å². The van der Waals surface area contributed by atoms with E-state index in [4.69, 9.17) is 9.47 Å². The molecule has 0 atom stereocenters. The summed E-state index contributed by atoms with van der Waals surface area (Å²) >= 11 is 0. The van der Waals surface area contributed by atoms with Crippen molar-refractivity contribution >= 4 is 6.16 Å². The van der Waals surface area contributed by atoms with Crippen molar-refractivity contribution in [1.29, 1.82) is 0 Å². The van der Waals surface area contributed by atoms with Crippen LogP contribution in [0.15, 0.2) is 0 Å². The van der Waals surface area contributed by atoms with E-state index in [0.29, 0.717) is 5.41 Å². The molecule has 2 aliphatic rings. The number of carbonyl (C=O) groups is 1. The van der Waals surface area contributed by atoms with Gasteiger partial charge in [0, 0.05) is 0 Å². The Kier molecular flexibility index (Phi) is 8.13. The smallest absolute Gasteiger partial charge is 0.431 e. The molecule has 2 saturated carbocycles. The molecule has 2 fully saturated rings. The van der Waals surface area contributed by atoms with E-state index >= 15 is 0 Å². The highest BCUT2D eigenvalue weighted by Gasteiger charge is 2.40. The molecule has 0 aliphatic heterocycles. The highest BCUT2D eigenvalue weighted by molar-refractivity contribution is 5.60. The second-order valence-corrected chi connectivity index (χ2v) is 12.5. The van der Waals surface area contributed by atoms with E-state index in [9.17, 15) is 4.79 Å². The molecular weight excluding hydrogens is 360 g/mol. The first-order valence-corrected chi connectivity index (χ1v) is 12.2. The average Bonchev–Trinajstić information content (AvgIpc) is 2.60. The molecule has 0 heterocycles. The summed E-state index contributed by atoms with van der Waals surface area (Å²) in [5, 5.41) is 0. The Hall–Kier alpha value is -0.730. The number of carbonyl (C=O) groups excluding carboxylic acids is 1. The molecule has 0 bridgehead atoms. The van der Waals surface area contributed by atoms with Crippen LogP contribution in [0.5, 0.6) is 0 Å². The highest BCUT2D eigenvalue weighted by Crippen LogP contribution is 2.49. The third-order valence-corrected chi connectivity index (χ3v) is 7.89. The normalized spacial score (nSPS) is 29.4. The number of ether oxygens (including phenoxy) is 2. The van der Waals surface area contributed by atoms with Gasteiger partial charge in [0.2, 0.25) is 0 Å². The van der Waals surface area contributed by atoms with Gasteiger partial charge in [-0.1, -0.05) is 54.4 Å². The maximum atomic E-state index is 12.4. The molecule has 0 radical (unpaired) electrons. The van der Waals surface area contributed by atoms with Crippen LogP contribution in [0.1, 0.15) is 120 Å². The number of rotatable bonds is 6. The lowest BCUT2D eigenvalue weighted by Gasteiger charge is -2.46. The fourth-order valence-corrected chi connectivity index (χ4v) is 5.37. The molecule has 0 aromatic heterocycles. The van der Waals surface area contributed by atoms with Crippen molar-refractivity contribution in [3.63, 3.8) is 0 Å². The summed E-state index contributed by atoms with van der Waals surface area (Å²) in [6.45, 7) is 18.0. The zero-order valence-corrected chi connectivity index (χ0v) is 20.6. The van der Waals surface area contributed by atoms with Gasteiger partial charge < -0.3 is 9.47 Å². The molecular formula is C26H48O3. The van der Waals surface area contributed by atoms with Crippen molar-refractivity contribution in [2.24, 2.45) is 28.6 Å². The van der Waals surface area contributed by atoms with Gasteiger partial charge >= 0.3 is 6.16 Å². The summed E-state index contributed by atoms with van der Waals surface area (Å²) in [7, 11) is 0. The molecule has 0 aromatic carbocycles. The monoisotopic (exact) mass is 408 g/mol. The third kappa shape index (κ3) is 7.79. The van der Waals surface area contributed by atoms with Crippen molar-refractivity contribution in [2.75, 3.05) is 0 Å². The fourth-order valence-electron chi connectivity index (χ4n) is 5.37. The first-order valence-electron chi connectivity index (χ1n) is 12.2. The van der Waals surface area contributed by atoms with E-state index < -0.39 is 11.8 Å². The van der Waals surface area contributed by atoms with E-state index in [1.54, 1.807) is 0 Å². The molecule has 2 rings (SSSR count). The van der Waals surface area contributed by atoms with Gasteiger partial charge in [0.05, 0.1) is 0 Å². The van der Waals surface area contributed by atoms with Gasteiger partial charge in [-0.05, 0) is 93.8 Å². The number of hydrogen-bond donors (Lipinski definition) is 0. The molecule has 2 aliphatic carbocycles. The van der Waals surface area contributed by atoms with Crippen LogP contribution in [0.3, 0.4) is 0 Å². The maximum absolute atomic E-state index is 12.4. The Morgan fingerprint density at radius 2 is 1.24 bits per heavy atom. The van der Waals surface area contributed by atoms with Gasteiger partial charge in [0.15, 0.2) is 0 Å². The second kappa shape index (κ2) is 9.60. The molecule has 0 N–H and O–H groups in total. The van der Waals surface area contributed by atoms with Gasteiger partial charge in [0.25, 0.3) is 0 Å². The Morgan fingerprint density at radius 3 is 1.72 bits per heavy atom. The summed E-state index contributed by atoms with van der Waals surface area (Å²) in [5.41, 5.74) is 0.175. The lowest BCUT2D eigenvalue weighted by Crippen LogP contribution is -2.39. The van der Waals surface area contributed by atoms with Gasteiger partial charge in [-0.3, -0.25) is 0 Å². The van der Waals surface area contributed by atoms with Crippen LogP contribution in [-0.4, -0.2) is 17.9 Å². The predicted molar refractivity (Wildman–Crippen MR) is 121 cm³/mol. The van der Waals surface area contributed by atoms with Gasteiger partial charge in [-0.15, -0.1) is 0 Å². The van der Waals surface area contributed by atoms with Crippen LogP contribution in [0.2, 0.25) is 0 Å². The molecule has 0 unspecified atom stereocenters. The standard InChI is InChI=1S/C26H48O3/c1-19-9-11-20(12-10-19)26(7,8)21-13-15-22(16-14-21)28-23(27)29-25(5,6)18-17-24(2,3)4/h19-22H,9-18H2,1-8H3. The van der Waals surface area contributed by atoms with E-state index in [1.165, 1.54) is 38.5 Å². The topological polar surface area (TPSA) is 35.5 Å². The van der Waals surface area contributed by atoms with Crippen LogP contribution in [0.25, 0.3) is 0 Å². The summed E-state index contributed by atoms with van der Waals surface area (Å²) in [6.07, 6.45) is 11.3. The van der Waals surface area contributed by atoms with Crippen LogP contribution in [0.4, 0.5) is 4.79 Å². The van der Waals surface area contributed by atoms with Crippen molar-refractivity contribution in [1.82, 2.24) is 0 Å². The lowest BCUT2D eigenvalue weighted by molar-refractivity contribution is -0.0559. The minimum Gasteiger partial charge on any atom is -0.431 e. The second-order valence-electron chi connectivity index (χ2n) is 12.5.